The van der Waals surface area contributed by atoms with E-state index >= 15 is 0 Å². The van der Waals surface area contributed by atoms with E-state index in [9.17, 15) is 0 Å². The van der Waals surface area contributed by atoms with Crippen molar-refractivity contribution in [3.63, 3.8) is 0 Å². The van der Waals surface area contributed by atoms with Gasteiger partial charge >= 0.3 is 0 Å². The summed E-state index contributed by atoms with van der Waals surface area (Å²) in [6.07, 6.45) is 0. The second-order valence-electron chi connectivity index (χ2n) is 6.83. The molecule has 0 atom stereocenters. The van der Waals surface area contributed by atoms with Crippen LogP contribution in [0.3, 0.4) is 0 Å². The molecule has 8 N–H and O–H groups in total. The van der Waals surface area contributed by atoms with Crippen molar-refractivity contribution in [2.75, 3.05) is 22.9 Å². The Morgan fingerprint density at radius 1 is 0.429 bits per heavy atom. The number of anilines is 4. The Labute approximate surface area is 164 Å². The molecule has 0 amide bonds. The van der Waals surface area contributed by atoms with Gasteiger partial charge in [0.05, 0.1) is 0 Å². The Balaban J connectivity index is 2.08. The summed E-state index contributed by atoms with van der Waals surface area (Å²) in [5.41, 5.74) is 33.3. The zero-order valence-electron chi connectivity index (χ0n) is 15.4. The van der Waals surface area contributed by atoms with Gasteiger partial charge in [-0.3, -0.25) is 0 Å². The van der Waals surface area contributed by atoms with Crippen LogP contribution in [0.25, 0.3) is 33.4 Å². The number of rotatable bonds is 3. The molecule has 0 aromatic heterocycles. The van der Waals surface area contributed by atoms with Gasteiger partial charge in [0.2, 0.25) is 0 Å². The van der Waals surface area contributed by atoms with Crippen LogP contribution in [0.4, 0.5) is 22.7 Å². The highest BCUT2D eigenvalue weighted by atomic mass is 14.6. The molecule has 0 saturated heterocycles. The summed E-state index contributed by atoms with van der Waals surface area (Å²) in [6, 6.07) is 27.4. The lowest BCUT2D eigenvalue weighted by Crippen LogP contribution is -1.98. The Morgan fingerprint density at radius 2 is 1.00 bits per heavy atom. The Hall–Kier alpha value is -3.92. The van der Waals surface area contributed by atoms with E-state index in [1.54, 1.807) is 0 Å². The van der Waals surface area contributed by atoms with Crippen molar-refractivity contribution in [2.24, 2.45) is 0 Å². The van der Waals surface area contributed by atoms with Gasteiger partial charge < -0.3 is 22.9 Å². The molecule has 0 spiro atoms. The highest BCUT2D eigenvalue weighted by Crippen LogP contribution is 2.44. The Morgan fingerprint density at radius 3 is 1.57 bits per heavy atom. The number of nitrogen functional groups attached to an aromatic ring is 4. The third-order valence-electron chi connectivity index (χ3n) is 4.81. The van der Waals surface area contributed by atoms with Gasteiger partial charge in [-0.15, -0.1) is 0 Å². The van der Waals surface area contributed by atoms with Crippen LogP contribution in [-0.4, -0.2) is 0 Å². The standard InChI is InChI=1S/C24H22N4/c25-18-9-7-15(8-10-18)21-11-12-22(28)24(17-4-2-6-20(27)14-17)23(21)16-3-1-5-19(26)13-16/h1-14H,25-28H2. The normalized spacial score (nSPS) is 10.7. The number of hydrogen-bond acceptors (Lipinski definition) is 4. The third kappa shape index (κ3) is 3.23. The van der Waals surface area contributed by atoms with Gasteiger partial charge in [0.15, 0.2) is 0 Å². The van der Waals surface area contributed by atoms with Crippen LogP contribution in [-0.2, 0) is 0 Å². The van der Waals surface area contributed by atoms with Gasteiger partial charge in [-0.25, -0.2) is 0 Å². The maximum atomic E-state index is 6.46. The van der Waals surface area contributed by atoms with Gasteiger partial charge in [0, 0.05) is 28.3 Å². The van der Waals surface area contributed by atoms with Gasteiger partial charge in [-0.05, 0) is 70.3 Å². The average molecular weight is 366 g/mol. The maximum Gasteiger partial charge on any atom is 0.0400 e. The van der Waals surface area contributed by atoms with Gasteiger partial charge in [-0.2, -0.15) is 0 Å². The molecule has 0 aliphatic rings. The molecule has 0 bridgehead atoms. The van der Waals surface area contributed by atoms with Crippen LogP contribution in [0.5, 0.6) is 0 Å². The molecule has 4 aromatic carbocycles. The molecule has 4 nitrogen and oxygen atoms in total. The lowest BCUT2D eigenvalue weighted by molar-refractivity contribution is 1.55. The highest BCUT2D eigenvalue weighted by molar-refractivity contribution is 6.00. The number of hydrogen-bond donors (Lipinski definition) is 4. The van der Waals surface area contributed by atoms with Gasteiger partial charge in [-0.1, -0.05) is 42.5 Å². The first-order chi connectivity index (χ1) is 13.5. The fourth-order valence-corrected chi connectivity index (χ4v) is 3.52. The number of nitrogens with two attached hydrogens (primary N) is 4. The lowest BCUT2D eigenvalue weighted by atomic mass is 9.86. The predicted octanol–water partition coefficient (Wildman–Crippen LogP) is 5.02. The minimum Gasteiger partial charge on any atom is -0.399 e. The fraction of sp³-hybridized carbons (Fsp3) is 0. The molecule has 4 rings (SSSR count). The SMILES string of the molecule is Nc1ccc(-c2ccc(N)c(-c3cccc(N)c3)c2-c2cccc(N)c2)cc1. The van der Waals surface area contributed by atoms with E-state index < -0.39 is 0 Å². The van der Waals surface area contributed by atoms with E-state index in [0.29, 0.717) is 17.1 Å². The molecule has 0 fully saturated rings. The molecule has 28 heavy (non-hydrogen) atoms. The van der Waals surface area contributed by atoms with Crippen molar-refractivity contribution in [3.8, 4) is 33.4 Å². The van der Waals surface area contributed by atoms with E-state index in [2.05, 4.69) is 0 Å². The van der Waals surface area contributed by atoms with Crippen molar-refractivity contribution in [1.29, 1.82) is 0 Å². The third-order valence-corrected chi connectivity index (χ3v) is 4.81. The molecular formula is C24H22N4. The zero-order chi connectivity index (χ0) is 19.7. The van der Waals surface area contributed by atoms with E-state index in [1.807, 2.05) is 84.9 Å². The minimum atomic E-state index is 0.683. The first-order valence-corrected chi connectivity index (χ1v) is 9.03. The largest absolute Gasteiger partial charge is 0.399 e. The lowest BCUT2D eigenvalue weighted by Gasteiger charge is -2.19. The Kier molecular flexibility index (Phi) is 4.38. The first kappa shape index (κ1) is 17.5. The van der Waals surface area contributed by atoms with Crippen molar-refractivity contribution in [1.82, 2.24) is 0 Å². The fourth-order valence-electron chi connectivity index (χ4n) is 3.52. The van der Waals surface area contributed by atoms with Crippen molar-refractivity contribution < 1.29 is 0 Å². The molecule has 4 heteroatoms. The van der Waals surface area contributed by atoms with E-state index in [4.69, 9.17) is 22.9 Å². The second kappa shape index (κ2) is 7.00. The molecule has 0 heterocycles. The molecular weight excluding hydrogens is 344 g/mol. The summed E-state index contributed by atoms with van der Waals surface area (Å²) in [4.78, 5) is 0. The van der Waals surface area contributed by atoms with E-state index in [1.165, 1.54) is 0 Å². The van der Waals surface area contributed by atoms with Crippen molar-refractivity contribution in [2.45, 2.75) is 0 Å². The summed E-state index contributed by atoms with van der Waals surface area (Å²) in [6.45, 7) is 0. The van der Waals surface area contributed by atoms with Gasteiger partial charge in [0.25, 0.3) is 0 Å². The van der Waals surface area contributed by atoms with Crippen LogP contribution in [0.1, 0.15) is 0 Å². The van der Waals surface area contributed by atoms with E-state index in [-0.39, 0.29) is 0 Å². The summed E-state index contributed by atoms with van der Waals surface area (Å²) in [7, 11) is 0. The molecule has 0 aliphatic heterocycles. The van der Waals surface area contributed by atoms with Crippen LogP contribution >= 0.6 is 0 Å². The topological polar surface area (TPSA) is 104 Å². The number of benzene rings is 4. The van der Waals surface area contributed by atoms with Crippen LogP contribution in [0.2, 0.25) is 0 Å². The monoisotopic (exact) mass is 366 g/mol. The summed E-state index contributed by atoms with van der Waals surface area (Å²) in [5.74, 6) is 0. The summed E-state index contributed by atoms with van der Waals surface area (Å²) < 4.78 is 0. The van der Waals surface area contributed by atoms with Crippen LogP contribution in [0, 0.1) is 0 Å². The molecule has 0 aliphatic carbocycles. The second-order valence-corrected chi connectivity index (χ2v) is 6.83. The molecule has 0 unspecified atom stereocenters. The van der Waals surface area contributed by atoms with E-state index in [0.717, 1.165) is 39.1 Å². The first-order valence-electron chi connectivity index (χ1n) is 9.03. The minimum absolute atomic E-state index is 0.683. The average Bonchev–Trinajstić information content (AvgIpc) is 2.68. The molecule has 0 radical (unpaired) electrons. The van der Waals surface area contributed by atoms with Crippen LogP contribution < -0.4 is 22.9 Å². The predicted molar refractivity (Wildman–Crippen MR) is 120 cm³/mol. The maximum absolute atomic E-state index is 6.46. The van der Waals surface area contributed by atoms with Crippen molar-refractivity contribution >= 4 is 22.7 Å². The quantitative estimate of drug-likeness (QED) is 0.382. The molecule has 4 aromatic rings. The highest BCUT2D eigenvalue weighted by Gasteiger charge is 2.17. The van der Waals surface area contributed by atoms with Gasteiger partial charge in [0.1, 0.15) is 0 Å². The van der Waals surface area contributed by atoms with Crippen molar-refractivity contribution in [3.05, 3.63) is 84.9 Å². The molecule has 0 saturated carbocycles. The smallest absolute Gasteiger partial charge is 0.0400 e. The molecule has 138 valence electrons. The van der Waals surface area contributed by atoms with Crippen LogP contribution in [0.15, 0.2) is 84.9 Å². The Bertz CT molecular complexity index is 1150. The summed E-state index contributed by atoms with van der Waals surface area (Å²) in [5, 5.41) is 0. The summed E-state index contributed by atoms with van der Waals surface area (Å²) >= 11 is 0. The zero-order valence-corrected chi connectivity index (χ0v) is 15.4.